The molecule has 28 heavy (non-hydrogen) atoms. The zero-order chi connectivity index (χ0) is 20.1. The molecule has 3 rings (SSSR count). The van der Waals surface area contributed by atoms with Gasteiger partial charge in [0.2, 0.25) is 0 Å². The number of ketones is 1. The second-order valence-electron chi connectivity index (χ2n) is 6.65. The number of carbonyl (C=O) groups is 2. The van der Waals surface area contributed by atoms with E-state index in [1.165, 1.54) is 23.5 Å². The second kappa shape index (κ2) is 8.44. The quantitative estimate of drug-likeness (QED) is 0.588. The Labute approximate surface area is 166 Å². The van der Waals surface area contributed by atoms with Crippen LogP contribution in [0.2, 0.25) is 0 Å². The number of thiazole rings is 1. The number of nitrogens with zero attached hydrogens (tertiary/aromatic N) is 1. The first-order valence-electron chi connectivity index (χ1n) is 8.95. The van der Waals surface area contributed by atoms with Gasteiger partial charge in [-0.2, -0.15) is 0 Å². The lowest BCUT2D eigenvalue weighted by Crippen LogP contribution is -2.38. The maximum absolute atomic E-state index is 13.4. The van der Waals surface area contributed by atoms with Crippen LogP contribution in [-0.2, 0) is 21.4 Å². The Balaban J connectivity index is 1.78. The highest BCUT2D eigenvalue weighted by molar-refractivity contribution is 7.13. The van der Waals surface area contributed by atoms with E-state index in [4.69, 9.17) is 0 Å². The molecule has 0 bridgehead atoms. The van der Waals surface area contributed by atoms with Crippen molar-refractivity contribution in [2.75, 3.05) is 0 Å². The molecular formula is C22H20FNO3S. The smallest absolute Gasteiger partial charge is 0.314 e. The Kier molecular flexibility index (Phi) is 5.99. The molecule has 2 aromatic carbocycles. The molecule has 6 heteroatoms. The van der Waals surface area contributed by atoms with Crippen LogP contribution in [-0.4, -0.2) is 21.8 Å². The average molecular weight is 397 g/mol. The Hall–Kier alpha value is -2.86. The number of halogens is 1. The van der Waals surface area contributed by atoms with E-state index in [9.17, 15) is 19.1 Å². The van der Waals surface area contributed by atoms with Crippen molar-refractivity contribution in [3.8, 4) is 10.6 Å². The summed E-state index contributed by atoms with van der Waals surface area (Å²) < 4.78 is 13.4. The van der Waals surface area contributed by atoms with Gasteiger partial charge in [-0.05, 0) is 24.1 Å². The summed E-state index contributed by atoms with van der Waals surface area (Å²) in [7, 11) is 0. The number of hydrogen-bond acceptors (Lipinski definition) is 4. The molecule has 0 radical (unpaired) electrons. The van der Waals surface area contributed by atoms with Crippen molar-refractivity contribution >= 4 is 23.1 Å². The fraction of sp³-hybridized carbons (Fsp3) is 0.227. The number of aliphatic carboxylic acids is 1. The van der Waals surface area contributed by atoms with Crippen LogP contribution in [0.1, 0.15) is 31.0 Å². The summed E-state index contributed by atoms with van der Waals surface area (Å²) in [5.41, 5.74) is 0.593. The summed E-state index contributed by atoms with van der Waals surface area (Å²) in [6.45, 7) is 1.78. The first-order valence-corrected chi connectivity index (χ1v) is 9.83. The lowest BCUT2D eigenvalue weighted by atomic mass is 9.74. The topological polar surface area (TPSA) is 67.3 Å². The number of carboxylic acids is 1. The standard InChI is InChI=1S/C22H20FNO3S/c1-2-22(21(26)27,16-8-4-3-5-9-16)13-19(25)12-18-14-28-20(24-18)15-7-6-10-17(23)11-15/h3-11,14H,2,12-13H2,1H3,(H,26,27). The summed E-state index contributed by atoms with van der Waals surface area (Å²) in [5.74, 6) is -1.54. The first-order chi connectivity index (χ1) is 13.4. The van der Waals surface area contributed by atoms with Crippen molar-refractivity contribution in [1.82, 2.24) is 4.98 Å². The third-order valence-corrected chi connectivity index (χ3v) is 5.78. The fourth-order valence-corrected chi connectivity index (χ4v) is 4.10. The molecule has 0 saturated heterocycles. The Morgan fingerprint density at radius 2 is 1.89 bits per heavy atom. The molecule has 0 aliphatic carbocycles. The molecule has 0 amide bonds. The molecule has 0 aliphatic rings. The predicted octanol–water partition coefficient (Wildman–Crippen LogP) is 4.88. The monoisotopic (exact) mass is 397 g/mol. The van der Waals surface area contributed by atoms with Crippen LogP contribution in [0.15, 0.2) is 60.0 Å². The van der Waals surface area contributed by atoms with E-state index >= 15 is 0 Å². The fourth-order valence-electron chi connectivity index (χ4n) is 3.28. The Morgan fingerprint density at radius 1 is 1.14 bits per heavy atom. The molecule has 3 aromatic rings. The number of carbonyl (C=O) groups excluding carboxylic acids is 1. The van der Waals surface area contributed by atoms with Crippen LogP contribution in [0.4, 0.5) is 4.39 Å². The van der Waals surface area contributed by atoms with Gasteiger partial charge in [0, 0.05) is 23.8 Å². The molecule has 0 spiro atoms. The summed E-state index contributed by atoms with van der Waals surface area (Å²) in [6.07, 6.45) is 0.257. The van der Waals surface area contributed by atoms with Crippen LogP contribution >= 0.6 is 11.3 Å². The highest BCUT2D eigenvalue weighted by atomic mass is 32.1. The highest BCUT2D eigenvalue weighted by Crippen LogP contribution is 2.33. The van der Waals surface area contributed by atoms with Crippen molar-refractivity contribution in [1.29, 1.82) is 0 Å². The SMILES string of the molecule is CCC(CC(=O)Cc1csc(-c2cccc(F)c2)n1)(C(=O)O)c1ccccc1. The lowest BCUT2D eigenvalue weighted by Gasteiger charge is -2.28. The van der Waals surface area contributed by atoms with Gasteiger partial charge in [0.15, 0.2) is 0 Å². The molecular weight excluding hydrogens is 377 g/mol. The van der Waals surface area contributed by atoms with Gasteiger partial charge in [-0.1, -0.05) is 49.4 Å². The van der Waals surface area contributed by atoms with Crippen LogP contribution in [0.5, 0.6) is 0 Å². The lowest BCUT2D eigenvalue weighted by molar-refractivity contribution is -0.146. The van der Waals surface area contributed by atoms with E-state index in [1.54, 1.807) is 48.7 Å². The zero-order valence-electron chi connectivity index (χ0n) is 15.4. The molecule has 1 N–H and O–H groups in total. The minimum atomic E-state index is -1.25. The molecule has 0 fully saturated rings. The van der Waals surface area contributed by atoms with Crippen LogP contribution in [0, 0.1) is 5.82 Å². The van der Waals surface area contributed by atoms with Gasteiger partial charge in [-0.15, -0.1) is 11.3 Å². The van der Waals surface area contributed by atoms with Gasteiger partial charge in [-0.3, -0.25) is 9.59 Å². The van der Waals surface area contributed by atoms with Gasteiger partial charge in [-0.25, -0.2) is 9.37 Å². The van der Waals surface area contributed by atoms with E-state index < -0.39 is 11.4 Å². The van der Waals surface area contributed by atoms with Gasteiger partial charge in [0.05, 0.1) is 11.1 Å². The predicted molar refractivity (Wildman–Crippen MR) is 107 cm³/mol. The van der Waals surface area contributed by atoms with Gasteiger partial charge < -0.3 is 5.11 Å². The molecule has 1 heterocycles. The first kappa shape index (κ1) is 19.9. The number of hydrogen-bond donors (Lipinski definition) is 1. The summed E-state index contributed by atoms with van der Waals surface area (Å²) >= 11 is 1.33. The van der Waals surface area contributed by atoms with Gasteiger partial charge in [0.25, 0.3) is 0 Å². The normalized spacial score (nSPS) is 13.1. The molecule has 4 nitrogen and oxygen atoms in total. The molecule has 144 valence electrons. The molecule has 1 atom stereocenters. The second-order valence-corrected chi connectivity index (χ2v) is 7.51. The van der Waals surface area contributed by atoms with E-state index in [0.29, 0.717) is 28.2 Å². The number of aromatic nitrogens is 1. The van der Waals surface area contributed by atoms with E-state index in [0.717, 1.165) is 0 Å². The molecule has 1 aromatic heterocycles. The van der Waals surface area contributed by atoms with E-state index in [1.807, 2.05) is 6.07 Å². The molecule has 0 aliphatic heterocycles. The van der Waals surface area contributed by atoms with Crippen molar-refractivity contribution in [3.63, 3.8) is 0 Å². The summed E-state index contributed by atoms with van der Waals surface area (Å²) in [5, 5.41) is 12.3. The average Bonchev–Trinajstić information content (AvgIpc) is 3.15. The third-order valence-electron chi connectivity index (χ3n) is 4.84. The maximum atomic E-state index is 13.4. The summed E-state index contributed by atoms with van der Waals surface area (Å²) in [6, 6.07) is 15.0. The summed E-state index contributed by atoms with van der Waals surface area (Å²) in [4.78, 5) is 29.2. The third kappa shape index (κ3) is 4.17. The Morgan fingerprint density at radius 3 is 2.54 bits per heavy atom. The zero-order valence-corrected chi connectivity index (χ0v) is 16.2. The van der Waals surface area contributed by atoms with Gasteiger partial charge in [0.1, 0.15) is 16.6 Å². The molecule has 0 saturated carbocycles. The Bertz CT molecular complexity index is 986. The van der Waals surface area contributed by atoms with Crippen molar-refractivity contribution in [2.24, 2.45) is 0 Å². The number of rotatable bonds is 8. The number of Topliss-reactive ketones (excluding diaryl/α,β-unsaturated/α-hetero) is 1. The minimum absolute atomic E-state index is 0.0493. The van der Waals surface area contributed by atoms with Crippen molar-refractivity contribution in [3.05, 3.63) is 77.1 Å². The number of carboxylic acid groups (broad SMARTS) is 1. The van der Waals surface area contributed by atoms with E-state index in [2.05, 4.69) is 4.98 Å². The van der Waals surface area contributed by atoms with Crippen LogP contribution < -0.4 is 0 Å². The minimum Gasteiger partial charge on any atom is -0.481 e. The van der Waals surface area contributed by atoms with E-state index in [-0.39, 0.29) is 24.4 Å². The van der Waals surface area contributed by atoms with Crippen molar-refractivity contribution < 1.29 is 19.1 Å². The maximum Gasteiger partial charge on any atom is 0.314 e. The highest BCUT2D eigenvalue weighted by Gasteiger charge is 2.40. The molecule has 1 unspecified atom stereocenters. The van der Waals surface area contributed by atoms with Crippen LogP contribution in [0.25, 0.3) is 10.6 Å². The number of benzene rings is 2. The van der Waals surface area contributed by atoms with Crippen LogP contribution in [0.3, 0.4) is 0 Å². The largest absolute Gasteiger partial charge is 0.481 e. The van der Waals surface area contributed by atoms with Gasteiger partial charge >= 0.3 is 5.97 Å². The van der Waals surface area contributed by atoms with Crippen molar-refractivity contribution in [2.45, 2.75) is 31.6 Å².